The minimum atomic E-state index is 0.350. The minimum Gasteiger partial charge on any atom is -0.277 e. The van der Waals surface area contributed by atoms with Crippen LogP contribution in [0.15, 0.2) is 0 Å². The predicted octanol–water partition coefficient (Wildman–Crippen LogP) is 2.13. The summed E-state index contributed by atoms with van der Waals surface area (Å²) < 4.78 is 0. The molecule has 4 heteroatoms. The van der Waals surface area contributed by atoms with Gasteiger partial charge < -0.3 is 0 Å². The quantitative estimate of drug-likeness (QED) is 0.353. The van der Waals surface area contributed by atoms with Gasteiger partial charge in [-0.3, -0.25) is 4.90 Å². The lowest BCUT2D eigenvalue weighted by atomic mass is 10.2. The van der Waals surface area contributed by atoms with E-state index in [2.05, 4.69) is 12.1 Å². The van der Waals surface area contributed by atoms with Crippen LogP contribution in [0.1, 0.15) is 25.7 Å². The van der Waals surface area contributed by atoms with Crippen molar-refractivity contribution in [2.24, 2.45) is 0 Å². The monoisotopic (exact) mass is 213 g/mol. The van der Waals surface area contributed by atoms with Crippen LogP contribution in [0.4, 0.5) is 0 Å². The smallest absolute Gasteiger partial charge is 0.0874 e. The molecule has 0 heterocycles. The van der Waals surface area contributed by atoms with Crippen LogP contribution in [0.3, 0.4) is 0 Å². The zero-order valence-corrected chi connectivity index (χ0v) is 9.13. The maximum atomic E-state index is 8.49. The molecule has 0 N–H and O–H groups in total. The molecule has 0 saturated heterocycles. The first kappa shape index (κ1) is 13.2. The van der Waals surface area contributed by atoms with Crippen LogP contribution in [0.25, 0.3) is 0 Å². The standard InChI is InChI=1S/C10H16ClN3/c11-5-3-1-2-4-8-14(9-6-12)10-7-13/h1-5,8-10H2. The third kappa shape index (κ3) is 7.86. The average molecular weight is 214 g/mol. The van der Waals surface area contributed by atoms with E-state index in [4.69, 9.17) is 22.1 Å². The van der Waals surface area contributed by atoms with Gasteiger partial charge in [-0.2, -0.15) is 10.5 Å². The van der Waals surface area contributed by atoms with E-state index in [0.717, 1.165) is 38.1 Å². The summed E-state index contributed by atoms with van der Waals surface area (Å²) in [6, 6.07) is 4.12. The van der Waals surface area contributed by atoms with E-state index in [-0.39, 0.29) is 0 Å². The number of hydrogen-bond acceptors (Lipinski definition) is 3. The van der Waals surface area contributed by atoms with Crippen molar-refractivity contribution in [3.8, 4) is 12.1 Å². The van der Waals surface area contributed by atoms with Gasteiger partial charge >= 0.3 is 0 Å². The van der Waals surface area contributed by atoms with E-state index in [1.165, 1.54) is 0 Å². The Morgan fingerprint density at radius 1 is 0.929 bits per heavy atom. The summed E-state index contributed by atoms with van der Waals surface area (Å²) >= 11 is 5.55. The number of hydrogen-bond donors (Lipinski definition) is 0. The third-order valence-electron chi connectivity index (χ3n) is 1.95. The summed E-state index contributed by atoms with van der Waals surface area (Å²) in [7, 11) is 0. The fourth-order valence-corrected chi connectivity index (χ4v) is 1.39. The van der Waals surface area contributed by atoms with E-state index in [0.29, 0.717) is 13.1 Å². The fraction of sp³-hybridized carbons (Fsp3) is 0.800. The second-order valence-electron chi connectivity index (χ2n) is 3.13. The van der Waals surface area contributed by atoms with Crippen molar-refractivity contribution < 1.29 is 0 Å². The van der Waals surface area contributed by atoms with Crippen molar-refractivity contribution >= 4 is 11.6 Å². The maximum absolute atomic E-state index is 8.49. The van der Waals surface area contributed by atoms with Gasteiger partial charge in [0.2, 0.25) is 0 Å². The van der Waals surface area contributed by atoms with Crippen molar-refractivity contribution in [3.63, 3.8) is 0 Å². The van der Waals surface area contributed by atoms with Gasteiger partial charge in [0.25, 0.3) is 0 Å². The lowest BCUT2D eigenvalue weighted by Gasteiger charge is -2.14. The van der Waals surface area contributed by atoms with E-state index < -0.39 is 0 Å². The zero-order chi connectivity index (χ0) is 10.6. The first-order valence-corrected chi connectivity index (χ1v) is 5.40. The van der Waals surface area contributed by atoms with E-state index in [1.54, 1.807) is 0 Å². The molecule has 0 rings (SSSR count). The van der Waals surface area contributed by atoms with Gasteiger partial charge in [0.1, 0.15) is 0 Å². The van der Waals surface area contributed by atoms with Crippen LogP contribution in [0, 0.1) is 22.7 Å². The molecule has 0 bridgehead atoms. The minimum absolute atomic E-state index is 0.350. The maximum Gasteiger partial charge on any atom is 0.0874 e. The summed E-state index contributed by atoms with van der Waals surface area (Å²) in [6.07, 6.45) is 4.36. The van der Waals surface area contributed by atoms with E-state index >= 15 is 0 Å². The molecule has 0 saturated carbocycles. The Morgan fingerprint density at radius 2 is 1.50 bits per heavy atom. The first-order valence-electron chi connectivity index (χ1n) is 4.87. The molecular formula is C10H16ClN3. The zero-order valence-electron chi connectivity index (χ0n) is 8.38. The van der Waals surface area contributed by atoms with Gasteiger partial charge in [0.15, 0.2) is 0 Å². The lowest BCUT2D eigenvalue weighted by molar-refractivity contribution is 0.331. The molecule has 0 aromatic carbocycles. The SMILES string of the molecule is N#CCN(CC#N)CCCCCCCl. The number of rotatable bonds is 8. The van der Waals surface area contributed by atoms with Crippen molar-refractivity contribution in [1.82, 2.24) is 4.90 Å². The first-order chi connectivity index (χ1) is 6.85. The normalized spacial score (nSPS) is 9.71. The molecule has 0 atom stereocenters. The van der Waals surface area contributed by atoms with Crippen LogP contribution < -0.4 is 0 Å². The summed E-state index contributed by atoms with van der Waals surface area (Å²) in [6.45, 7) is 1.54. The number of nitriles is 2. The molecule has 3 nitrogen and oxygen atoms in total. The van der Waals surface area contributed by atoms with E-state index in [9.17, 15) is 0 Å². The number of halogens is 1. The molecule has 0 aliphatic carbocycles. The summed E-state index contributed by atoms with van der Waals surface area (Å²) in [4.78, 5) is 1.86. The highest BCUT2D eigenvalue weighted by Gasteiger charge is 2.01. The van der Waals surface area contributed by atoms with Crippen LogP contribution in [-0.4, -0.2) is 30.4 Å². The molecule has 14 heavy (non-hydrogen) atoms. The van der Waals surface area contributed by atoms with Crippen molar-refractivity contribution in [3.05, 3.63) is 0 Å². The average Bonchev–Trinajstić information content (AvgIpc) is 2.18. The number of alkyl halides is 1. The largest absolute Gasteiger partial charge is 0.277 e. The Bertz CT molecular complexity index is 188. The van der Waals surface area contributed by atoms with Gasteiger partial charge in [-0.25, -0.2) is 0 Å². The molecule has 0 aliphatic rings. The highest BCUT2D eigenvalue weighted by atomic mass is 35.5. The van der Waals surface area contributed by atoms with Crippen LogP contribution in [0.2, 0.25) is 0 Å². The topological polar surface area (TPSA) is 50.8 Å². The number of unbranched alkanes of at least 4 members (excludes halogenated alkanes) is 3. The molecule has 0 unspecified atom stereocenters. The van der Waals surface area contributed by atoms with Crippen molar-refractivity contribution in [2.45, 2.75) is 25.7 Å². The second kappa shape index (κ2) is 10.3. The molecule has 0 fully saturated rings. The molecule has 78 valence electrons. The second-order valence-corrected chi connectivity index (χ2v) is 3.51. The molecule has 0 amide bonds. The van der Waals surface area contributed by atoms with Gasteiger partial charge in [-0.05, 0) is 12.8 Å². The highest BCUT2D eigenvalue weighted by molar-refractivity contribution is 6.17. The Morgan fingerprint density at radius 3 is 2.00 bits per heavy atom. The van der Waals surface area contributed by atoms with Crippen molar-refractivity contribution in [2.75, 3.05) is 25.5 Å². The molecule has 0 spiro atoms. The third-order valence-corrected chi connectivity index (χ3v) is 2.21. The Hall–Kier alpha value is -0.770. The van der Waals surface area contributed by atoms with Gasteiger partial charge in [-0.1, -0.05) is 12.8 Å². The lowest BCUT2D eigenvalue weighted by Crippen LogP contribution is -2.25. The number of nitrogens with zero attached hydrogens (tertiary/aromatic N) is 3. The molecule has 0 radical (unpaired) electrons. The van der Waals surface area contributed by atoms with Crippen LogP contribution in [0.5, 0.6) is 0 Å². The molecular weight excluding hydrogens is 198 g/mol. The fourth-order valence-electron chi connectivity index (χ4n) is 1.20. The highest BCUT2D eigenvalue weighted by Crippen LogP contribution is 2.02. The van der Waals surface area contributed by atoms with Gasteiger partial charge in [-0.15, -0.1) is 11.6 Å². The van der Waals surface area contributed by atoms with Crippen LogP contribution in [-0.2, 0) is 0 Å². The Labute approximate surface area is 90.9 Å². The Kier molecular flexibility index (Phi) is 9.74. The van der Waals surface area contributed by atoms with Crippen molar-refractivity contribution in [1.29, 1.82) is 10.5 Å². The summed E-state index contributed by atoms with van der Waals surface area (Å²) in [5.41, 5.74) is 0. The van der Waals surface area contributed by atoms with Gasteiger partial charge in [0.05, 0.1) is 25.2 Å². The predicted molar refractivity (Wildman–Crippen MR) is 56.9 cm³/mol. The molecule has 0 aliphatic heterocycles. The summed E-state index contributed by atoms with van der Waals surface area (Å²) in [5, 5.41) is 17.0. The van der Waals surface area contributed by atoms with Crippen LogP contribution >= 0.6 is 11.6 Å². The Balaban J connectivity index is 3.42. The molecule has 0 aromatic heterocycles. The summed E-state index contributed by atoms with van der Waals surface area (Å²) in [5.74, 6) is 0.722. The molecule has 0 aromatic rings. The van der Waals surface area contributed by atoms with E-state index in [1.807, 2.05) is 4.90 Å². The van der Waals surface area contributed by atoms with Gasteiger partial charge in [0, 0.05) is 12.4 Å².